The minimum absolute atomic E-state index is 0.0112. The average molecular weight is 463 g/mol. The van der Waals surface area contributed by atoms with Crippen LogP contribution in [0.1, 0.15) is 70.2 Å². The van der Waals surface area contributed by atoms with Gasteiger partial charge >= 0.3 is 6.09 Å². The molecule has 34 heavy (non-hydrogen) atoms. The fraction of sp³-hybridized carbons (Fsp3) is 0.444. The molecule has 7 nitrogen and oxygen atoms in total. The van der Waals surface area contributed by atoms with Crippen molar-refractivity contribution in [1.29, 1.82) is 0 Å². The smallest absolute Gasteiger partial charge is 0.407 e. The first-order chi connectivity index (χ1) is 16.3. The lowest BCUT2D eigenvalue weighted by Crippen LogP contribution is -2.34. The van der Waals surface area contributed by atoms with Gasteiger partial charge in [-0.1, -0.05) is 31.7 Å². The predicted octanol–water partition coefficient (Wildman–Crippen LogP) is 6.07. The Labute approximate surface area is 201 Å². The largest absolute Gasteiger partial charge is 0.444 e. The lowest BCUT2D eigenvalue weighted by molar-refractivity contribution is -0.0366. The summed E-state index contributed by atoms with van der Waals surface area (Å²) in [7, 11) is 0. The van der Waals surface area contributed by atoms with Crippen LogP contribution in [0.5, 0.6) is 0 Å². The number of carbonyl (C=O) groups excluding carboxylic acids is 1. The lowest BCUT2D eigenvalue weighted by atomic mass is 9.98. The molecule has 2 aromatic heterocycles. The van der Waals surface area contributed by atoms with Gasteiger partial charge in [0.2, 0.25) is 0 Å². The van der Waals surface area contributed by atoms with E-state index in [9.17, 15) is 4.79 Å². The number of alkyl carbamates (subject to hydrolysis) is 1. The molecule has 0 spiro atoms. The molecule has 3 aromatic rings. The van der Waals surface area contributed by atoms with Crippen LogP contribution >= 0.6 is 0 Å². The third-order valence-electron chi connectivity index (χ3n) is 6.04. The van der Waals surface area contributed by atoms with Gasteiger partial charge < -0.3 is 14.8 Å². The van der Waals surface area contributed by atoms with Crippen molar-refractivity contribution in [3.63, 3.8) is 0 Å². The summed E-state index contributed by atoms with van der Waals surface area (Å²) in [5.74, 6) is 0.101. The molecule has 1 aliphatic rings. The van der Waals surface area contributed by atoms with E-state index >= 15 is 0 Å². The second-order valence-corrected chi connectivity index (χ2v) is 9.83. The van der Waals surface area contributed by atoms with Crippen molar-refractivity contribution in [2.75, 3.05) is 13.2 Å². The standard InChI is InChI=1S/C27H34N4O3/c1-6-20-21(11-13-24-22(20)17-30-31(24)25-9-7-8-14-33-25)23-12-10-19(16-28-23)18(2)15-29-26(32)34-27(3,4)5/h6,10-13,16-18,25H,1,7-9,14-15H2,2-5H3,(H,29,32). The molecular formula is C27H34N4O3. The van der Waals surface area contributed by atoms with E-state index in [0.717, 1.165) is 59.2 Å². The van der Waals surface area contributed by atoms with Crippen LogP contribution < -0.4 is 5.32 Å². The van der Waals surface area contributed by atoms with Crippen molar-refractivity contribution < 1.29 is 14.3 Å². The van der Waals surface area contributed by atoms with Gasteiger partial charge in [-0.15, -0.1) is 0 Å². The zero-order chi connectivity index (χ0) is 24.3. The molecule has 180 valence electrons. The van der Waals surface area contributed by atoms with Gasteiger partial charge in [-0.05, 0) is 63.3 Å². The van der Waals surface area contributed by atoms with E-state index in [2.05, 4.69) is 42.1 Å². The number of hydrogen-bond donors (Lipinski definition) is 1. The van der Waals surface area contributed by atoms with Crippen LogP contribution in [0, 0.1) is 0 Å². The van der Waals surface area contributed by atoms with Crippen molar-refractivity contribution in [2.45, 2.75) is 64.7 Å². The molecule has 2 unspecified atom stereocenters. The van der Waals surface area contributed by atoms with E-state index in [1.165, 1.54) is 0 Å². The lowest BCUT2D eigenvalue weighted by Gasteiger charge is -2.23. The Balaban J connectivity index is 1.52. The third kappa shape index (κ3) is 5.30. The molecule has 0 bridgehead atoms. The number of benzene rings is 1. The Morgan fingerprint density at radius 3 is 2.76 bits per heavy atom. The Morgan fingerprint density at radius 1 is 1.29 bits per heavy atom. The molecule has 1 N–H and O–H groups in total. The molecule has 0 radical (unpaired) electrons. The van der Waals surface area contributed by atoms with Crippen LogP contribution in [0.25, 0.3) is 28.2 Å². The van der Waals surface area contributed by atoms with Crippen molar-refractivity contribution in [2.24, 2.45) is 0 Å². The molecule has 0 saturated carbocycles. The number of aromatic nitrogens is 3. The quantitative estimate of drug-likeness (QED) is 0.481. The van der Waals surface area contributed by atoms with Crippen molar-refractivity contribution in [1.82, 2.24) is 20.1 Å². The van der Waals surface area contributed by atoms with Crippen molar-refractivity contribution >= 4 is 23.1 Å². The molecule has 4 rings (SSSR count). The number of nitrogens with zero attached hydrogens (tertiary/aromatic N) is 3. The van der Waals surface area contributed by atoms with Gasteiger partial charge in [0.1, 0.15) is 5.60 Å². The summed E-state index contributed by atoms with van der Waals surface area (Å²) < 4.78 is 13.2. The number of fused-ring (bicyclic) bond motifs is 1. The third-order valence-corrected chi connectivity index (χ3v) is 6.04. The molecule has 7 heteroatoms. The number of pyridine rings is 1. The molecule has 1 saturated heterocycles. The molecule has 1 aromatic carbocycles. The average Bonchev–Trinajstić information content (AvgIpc) is 3.26. The van der Waals surface area contributed by atoms with E-state index in [1.807, 2.05) is 50.0 Å². The van der Waals surface area contributed by atoms with Crippen LogP contribution in [-0.2, 0) is 9.47 Å². The molecular weight excluding hydrogens is 428 g/mol. The zero-order valence-corrected chi connectivity index (χ0v) is 20.5. The Kier molecular flexibility index (Phi) is 7.03. The minimum atomic E-state index is -0.513. The highest BCUT2D eigenvalue weighted by molar-refractivity contribution is 5.94. The summed E-state index contributed by atoms with van der Waals surface area (Å²) >= 11 is 0. The van der Waals surface area contributed by atoms with Gasteiger partial charge in [-0.25, -0.2) is 9.48 Å². The maximum Gasteiger partial charge on any atom is 0.407 e. The highest BCUT2D eigenvalue weighted by atomic mass is 16.6. The van der Waals surface area contributed by atoms with Gasteiger partial charge in [0.15, 0.2) is 6.23 Å². The SMILES string of the molecule is C=Cc1c(-c2ccc(C(C)CNC(=O)OC(C)(C)C)cn2)ccc2c1cnn2C1CCCCO1. The van der Waals surface area contributed by atoms with E-state index in [-0.39, 0.29) is 12.1 Å². The Morgan fingerprint density at radius 2 is 2.12 bits per heavy atom. The van der Waals surface area contributed by atoms with Gasteiger partial charge in [-0.2, -0.15) is 5.10 Å². The fourth-order valence-electron chi connectivity index (χ4n) is 4.26. The van der Waals surface area contributed by atoms with E-state index in [1.54, 1.807) is 0 Å². The normalized spacial score (nSPS) is 17.4. The summed E-state index contributed by atoms with van der Waals surface area (Å²) in [6.07, 6.45) is 8.45. The molecule has 1 fully saturated rings. The van der Waals surface area contributed by atoms with Gasteiger partial charge in [0.05, 0.1) is 17.4 Å². The molecule has 0 aliphatic carbocycles. The fourth-order valence-corrected chi connectivity index (χ4v) is 4.26. The second-order valence-electron chi connectivity index (χ2n) is 9.83. The maximum atomic E-state index is 11.9. The molecule has 3 heterocycles. The Hall–Kier alpha value is -3.19. The van der Waals surface area contributed by atoms with E-state index in [0.29, 0.717) is 6.54 Å². The minimum Gasteiger partial charge on any atom is -0.444 e. The number of carbonyl (C=O) groups is 1. The molecule has 1 amide bonds. The first-order valence-corrected chi connectivity index (χ1v) is 11.9. The number of amides is 1. The highest BCUT2D eigenvalue weighted by Crippen LogP contribution is 2.33. The highest BCUT2D eigenvalue weighted by Gasteiger charge is 2.21. The molecule has 2 atom stereocenters. The van der Waals surface area contributed by atoms with Crippen LogP contribution in [0.3, 0.4) is 0 Å². The van der Waals surface area contributed by atoms with Crippen LogP contribution in [-0.4, -0.2) is 39.6 Å². The summed E-state index contributed by atoms with van der Waals surface area (Å²) in [5.41, 5.74) is 4.47. The van der Waals surface area contributed by atoms with Gasteiger partial charge in [0.25, 0.3) is 0 Å². The van der Waals surface area contributed by atoms with Gasteiger partial charge in [0, 0.05) is 36.2 Å². The number of nitrogens with one attached hydrogen (secondary N) is 1. The Bertz CT molecular complexity index is 1160. The summed E-state index contributed by atoms with van der Waals surface area (Å²) in [6.45, 7) is 12.9. The van der Waals surface area contributed by atoms with E-state index in [4.69, 9.17) is 14.5 Å². The van der Waals surface area contributed by atoms with Crippen molar-refractivity contribution in [3.05, 3.63) is 54.4 Å². The topological polar surface area (TPSA) is 78.3 Å². The number of rotatable bonds is 6. The maximum absolute atomic E-state index is 11.9. The van der Waals surface area contributed by atoms with Crippen LogP contribution in [0.4, 0.5) is 4.79 Å². The summed E-state index contributed by atoms with van der Waals surface area (Å²) in [4.78, 5) is 16.7. The number of ether oxygens (including phenoxy) is 2. The van der Waals surface area contributed by atoms with Crippen LogP contribution in [0.15, 0.2) is 43.2 Å². The van der Waals surface area contributed by atoms with Crippen molar-refractivity contribution in [3.8, 4) is 11.3 Å². The number of hydrogen-bond acceptors (Lipinski definition) is 5. The van der Waals surface area contributed by atoms with E-state index < -0.39 is 11.7 Å². The van der Waals surface area contributed by atoms with Crippen LogP contribution in [0.2, 0.25) is 0 Å². The summed E-state index contributed by atoms with van der Waals surface area (Å²) in [6, 6.07) is 8.24. The zero-order valence-electron chi connectivity index (χ0n) is 20.5. The predicted molar refractivity (Wildman–Crippen MR) is 135 cm³/mol. The first-order valence-electron chi connectivity index (χ1n) is 11.9. The summed E-state index contributed by atoms with van der Waals surface area (Å²) in [5, 5.41) is 8.51. The monoisotopic (exact) mass is 462 g/mol. The second kappa shape index (κ2) is 9.97. The van der Waals surface area contributed by atoms with Gasteiger partial charge in [-0.3, -0.25) is 4.98 Å². The first kappa shape index (κ1) is 24.0. The molecule has 1 aliphatic heterocycles.